The highest BCUT2D eigenvalue weighted by Gasteiger charge is 2.54. The van der Waals surface area contributed by atoms with Crippen LogP contribution in [0.4, 0.5) is 0 Å². The van der Waals surface area contributed by atoms with Crippen LogP contribution in [0.1, 0.15) is 62.3 Å². The maximum Gasteiger partial charge on any atom is 0.449 e. The normalized spacial score (nSPS) is 13.1. The van der Waals surface area contributed by atoms with Gasteiger partial charge in [-0.05, 0) is 63.7 Å². The summed E-state index contributed by atoms with van der Waals surface area (Å²) >= 11 is 0. The first-order valence-electron chi connectivity index (χ1n) is 11.0. The number of hydrogen-bond donors (Lipinski definition) is 1. The number of esters is 1. The van der Waals surface area contributed by atoms with Gasteiger partial charge in [0.15, 0.2) is 0 Å². The second kappa shape index (κ2) is 9.73. The number of benzene rings is 1. The average Bonchev–Trinajstić information content (AvgIpc) is 3.04. The smallest absolute Gasteiger partial charge is 0.449 e. The van der Waals surface area contributed by atoms with E-state index in [2.05, 4.69) is 15.6 Å². The van der Waals surface area contributed by atoms with E-state index in [0.29, 0.717) is 5.52 Å². The second-order valence-corrected chi connectivity index (χ2v) is 14.3. The number of aromatic nitrogens is 3. The van der Waals surface area contributed by atoms with Crippen LogP contribution in [-0.2, 0) is 4.74 Å². The van der Waals surface area contributed by atoms with E-state index in [1.54, 1.807) is 32.9 Å². The molecule has 2 rings (SSSR count). The van der Waals surface area contributed by atoms with Crippen molar-refractivity contribution in [3.63, 3.8) is 0 Å². The highest BCUT2D eigenvalue weighted by molar-refractivity contribution is 7.64. The van der Waals surface area contributed by atoms with Crippen molar-refractivity contribution in [2.24, 2.45) is 0 Å². The van der Waals surface area contributed by atoms with E-state index in [1.807, 2.05) is 77.1 Å². The van der Waals surface area contributed by atoms with E-state index in [9.17, 15) is 9.59 Å². The van der Waals surface area contributed by atoms with Crippen molar-refractivity contribution in [1.29, 1.82) is 0 Å². The average molecular weight is 497 g/mol. The van der Waals surface area contributed by atoms with Gasteiger partial charge >= 0.3 is 13.9 Å². The Balaban J connectivity index is 2.72. The van der Waals surface area contributed by atoms with Gasteiger partial charge in [-0.2, -0.15) is 4.62 Å². The summed E-state index contributed by atoms with van der Waals surface area (Å²) in [6.07, 6.45) is 0. The van der Waals surface area contributed by atoms with Crippen LogP contribution in [0.25, 0.3) is 11.0 Å². The molecule has 0 bridgehead atoms. The zero-order chi connectivity index (χ0) is 26.2. The molecule has 0 aliphatic carbocycles. The Hall–Kier alpha value is -2.33. The van der Waals surface area contributed by atoms with Crippen LogP contribution < -0.4 is 9.94 Å². The molecule has 0 saturated heterocycles. The summed E-state index contributed by atoms with van der Waals surface area (Å²) in [5, 5.41) is 11.3. The van der Waals surface area contributed by atoms with Crippen LogP contribution in [0, 0.1) is 0 Å². The Morgan fingerprint density at radius 3 is 1.91 bits per heavy atom. The van der Waals surface area contributed by atoms with Gasteiger partial charge in [0, 0.05) is 47.8 Å². The number of amides is 1. The monoisotopic (exact) mass is 496 g/mol. The fraction of sp³-hybridized carbons (Fsp3) is 0.636. The standard InChI is InChI=1S/C22H38N7O4P/c1-21(2,3)23-19(30)15-13-14-16-18(17(15)20(31)32-22(4,5)6)24-25-29(16)33-34(26(7)8,27(9)10)28(11)12/h13-14H,1-12H3/p+1. The van der Waals surface area contributed by atoms with Gasteiger partial charge < -0.3 is 10.1 Å². The molecule has 0 unspecified atom stereocenters. The Morgan fingerprint density at radius 2 is 1.47 bits per heavy atom. The number of hydrogen-bond acceptors (Lipinski definition) is 9. The maximum atomic E-state index is 13.2. The topological polar surface area (TPSA) is 105 Å². The minimum atomic E-state index is -2.47. The number of carbonyl (C=O) groups is 2. The molecule has 0 saturated carbocycles. The predicted molar refractivity (Wildman–Crippen MR) is 134 cm³/mol. The Kier molecular flexibility index (Phi) is 7.99. The number of nitrogens with one attached hydrogen (secondary N) is 1. The van der Waals surface area contributed by atoms with Gasteiger partial charge in [0.05, 0.1) is 5.56 Å². The first-order chi connectivity index (χ1) is 15.4. The summed E-state index contributed by atoms with van der Waals surface area (Å²) in [4.78, 5) is 27.6. The molecule has 1 aromatic carbocycles. The number of nitrogens with zero attached hydrogens (tertiary/aromatic N) is 6. The largest absolute Gasteiger partial charge is 0.456 e. The summed E-state index contributed by atoms with van der Waals surface area (Å²) in [6.45, 7) is 10.9. The number of rotatable bonds is 7. The molecule has 11 nitrogen and oxygen atoms in total. The van der Waals surface area contributed by atoms with Gasteiger partial charge in [0.25, 0.3) is 5.91 Å². The lowest BCUT2D eigenvalue weighted by Gasteiger charge is -2.35. The minimum Gasteiger partial charge on any atom is -0.456 e. The molecule has 1 N–H and O–H groups in total. The van der Waals surface area contributed by atoms with Crippen LogP contribution in [0.5, 0.6) is 0 Å². The number of fused-ring (bicyclic) bond motifs is 1. The first kappa shape index (κ1) is 27.9. The lowest BCUT2D eigenvalue weighted by atomic mass is 10.0. The molecule has 0 spiro atoms. The highest BCUT2D eigenvalue weighted by Crippen LogP contribution is 2.61. The molecule has 190 valence electrons. The van der Waals surface area contributed by atoms with Crippen LogP contribution in [0.15, 0.2) is 12.1 Å². The van der Waals surface area contributed by atoms with Gasteiger partial charge in [-0.15, -0.1) is 19.1 Å². The Labute approximate surface area is 202 Å². The number of carbonyl (C=O) groups excluding carboxylic acids is 2. The number of ether oxygens (including phenoxy) is 1. The van der Waals surface area contributed by atoms with Crippen LogP contribution in [0.2, 0.25) is 0 Å². The van der Waals surface area contributed by atoms with Gasteiger partial charge in [-0.3, -0.25) is 4.79 Å². The zero-order valence-corrected chi connectivity index (χ0v) is 23.3. The lowest BCUT2D eigenvalue weighted by Crippen LogP contribution is -2.42. The second-order valence-electron chi connectivity index (χ2n) is 10.7. The SMILES string of the molecule is CN(C)[P+](On1nnc2c(C(=O)OC(C)(C)C)c(C(=O)NC(C)(C)C)ccc21)(N(C)C)N(C)C. The van der Waals surface area contributed by atoms with Gasteiger partial charge in [-0.25, -0.2) is 4.79 Å². The fourth-order valence-electron chi connectivity index (χ4n) is 3.56. The van der Waals surface area contributed by atoms with Crippen molar-refractivity contribution in [2.45, 2.75) is 52.7 Å². The third kappa shape index (κ3) is 5.83. The third-order valence-electron chi connectivity index (χ3n) is 4.67. The lowest BCUT2D eigenvalue weighted by molar-refractivity contribution is 0.00694. The summed E-state index contributed by atoms with van der Waals surface area (Å²) in [5.74, 6) is -1.06. The third-order valence-corrected chi connectivity index (χ3v) is 8.18. The van der Waals surface area contributed by atoms with Crippen LogP contribution in [-0.4, -0.2) is 94.5 Å². The van der Waals surface area contributed by atoms with Crippen molar-refractivity contribution in [2.75, 3.05) is 42.3 Å². The summed E-state index contributed by atoms with van der Waals surface area (Å²) in [6, 6.07) is 3.25. The molecule has 0 aliphatic rings. The maximum absolute atomic E-state index is 13.2. The molecule has 1 amide bonds. The summed E-state index contributed by atoms with van der Waals surface area (Å²) in [5.41, 5.74) is -0.366. The Bertz CT molecular complexity index is 1030. The van der Waals surface area contributed by atoms with E-state index < -0.39 is 31.0 Å². The van der Waals surface area contributed by atoms with Gasteiger partial charge in [-0.1, -0.05) is 0 Å². The van der Waals surface area contributed by atoms with Crippen LogP contribution in [0.3, 0.4) is 0 Å². The van der Waals surface area contributed by atoms with Crippen molar-refractivity contribution in [3.8, 4) is 0 Å². The summed E-state index contributed by atoms with van der Waals surface area (Å²) < 4.78 is 18.0. The minimum absolute atomic E-state index is 0.0486. The molecular formula is C22H39N7O4P+. The van der Waals surface area contributed by atoms with Gasteiger partial charge in [0.1, 0.15) is 22.2 Å². The molecular weight excluding hydrogens is 457 g/mol. The zero-order valence-electron chi connectivity index (χ0n) is 22.4. The quantitative estimate of drug-likeness (QED) is 0.458. The van der Waals surface area contributed by atoms with E-state index in [1.165, 1.54) is 4.85 Å². The van der Waals surface area contributed by atoms with Gasteiger partial charge in [0.2, 0.25) is 0 Å². The van der Waals surface area contributed by atoms with E-state index >= 15 is 0 Å². The summed E-state index contributed by atoms with van der Waals surface area (Å²) in [7, 11) is 9.08. The Morgan fingerprint density at radius 1 is 0.941 bits per heavy atom. The molecule has 0 atom stereocenters. The van der Waals surface area contributed by atoms with Crippen molar-refractivity contribution < 1.29 is 19.0 Å². The van der Waals surface area contributed by atoms with Crippen molar-refractivity contribution in [3.05, 3.63) is 23.3 Å². The van der Waals surface area contributed by atoms with E-state index in [0.717, 1.165) is 0 Å². The molecule has 2 aromatic rings. The van der Waals surface area contributed by atoms with Crippen LogP contribution >= 0.6 is 7.94 Å². The van der Waals surface area contributed by atoms with Crippen molar-refractivity contribution in [1.82, 2.24) is 34.5 Å². The van der Waals surface area contributed by atoms with Crippen molar-refractivity contribution >= 4 is 30.9 Å². The van der Waals surface area contributed by atoms with E-state index in [-0.39, 0.29) is 16.6 Å². The molecule has 0 aliphatic heterocycles. The van der Waals surface area contributed by atoms with E-state index in [4.69, 9.17) is 9.36 Å². The molecule has 12 heteroatoms. The molecule has 0 fully saturated rings. The highest BCUT2D eigenvalue weighted by atomic mass is 31.2. The fourth-order valence-corrected chi connectivity index (χ4v) is 6.47. The predicted octanol–water partition coefficient (Wildman–Crippen LogP) is 2.71. The molecule has 1 aromatic heterocycles. The molecule has 0 radical (unpaired) electrons. The molecule has 34 heavy (non-hydrogen) atoms. The molecule has 1 heterocycles. The first-order valence-corrected chi connectivity index (χ1v) is 12.5.